The zero-order chi connectivity index (χ0) is 22.3. The Labute approximate surface area is 172 Å². The van der Waals surface area contributed by atoms with E-state index in [-0.39, 0.29) is 6.61 Å². The lowest BCUT2D eigenvalue weighted by Crippen LogP contribution is -2.35. The highest BCUT2D eigenvalue weighted by atomic mass is 19.4. The van der Waals surface area contributed by atoms with Crippen molar-refractivity contribution in [2.45, 2.75) is 58.5 Å². The van der Waals surface area contributed by atoms with E-state index in [4.69, 9.17) is 15.0 Å². The van der Waals surface area contributed by atoms with Crippen LogP contribution in [-0.4, -0.2) is 71.7 Å². The number of halogens is 3. The van der Waals surface area contributed by atoms with Crippen LogP contribution in [0.3, 0.4) is 0 Å². The first-order valence-corrected chi connectivity index (χ1v) is 9.65. The number of aliphatic hydroxyl groups is 1. The molecule has 0 unspecified atom stereocenters. The van der Waals surface area contributed by atoms with Gasteiger partial charge in [-0.1, -0.05) is 5.21 Å². The lowest BCUT2D eigenvalue weighted by molar-refractivity contribution is -0.192. The fourth-order valence-electron chi connectivity index (χ4n) is 3.32. The number of carboxylic acids is 1. The number of piperidine rings is 1. The van der Waals surface area contributed by atoms with E-state index in [9.17, 15) is 13.2 Å². The van der Waals surface area contributed by atoms with Gasteiger partial charge < -0.3 is 15.1 Å². The van der Waals surface area contributed by atoms with Crippen LogP contribution in [0, 0.1) is 13.8 Å². The van der Waals surface area contributed by atoms with Gasteiger partial charge in [-0.05, 0) is 45.7 Å². The number of likely N-dealkylation sites (tertiary alicyclic amines) is 1. The van der Waals surface area contributed by atoms with Crippen LogP contribution in [0.5, 0.6) is 0 Å². The smallest absolute Gasteiger partial charge is 0.475 e. The second-order valence-corrected chi connectivity index (χ2v) is 7.23. The fraction of sp³-hybridized carbons (Fsp3) is 0.667. The third-order valence-corrected chi connectivity index (χ3v) is 4.84. The maximum atomic E-state index is 10.6. The molecule has 1 aliphatic rings. The van der Waals surface area contributed by atoms with Crippen molar-refractivity contribution in [3.05, 3.63) is 29.3 Å². The summed E-state index contributed by atoms with van der Waals surface area (Å²) in [4.78, 5) is 11.4. The third kappa shape index (κ3) is 7.10. The van der Waals surface area contributed by atoms with Crippen molar-refractivity contribution < 1.29 is 28.2 Å². The quantitative estimate of drug-likeness (QED) is 0.718. The van der Waals surface area contributed by atoms with Crippen LogP contribution in [0.4, 0.5) is 13.2 Å². The fourth-order valence-corrected chi connectivity index (χ4v) is 3.32. The molecule has 2 aromatic rings. The topological polar surface area (TPSA) is 109 Å². The number of aromatic nitrogens is 5. The average molecular weight is 432 g/mol. The molecular formula is C18H27F3N6O3. The van der Waals surface area contributed by atoms with Crippen molar-refractivity contribution in [1.82, 2.24) is 29.7 Å². The number of hydrogen-bond acceptors (Lipinski definition) is 6. The molecule has 0 atom stereocenters. The molecule has 1 saturated heterocycles. The van der Waals surface area contributed by atoms with Crippen molar-refractivity contribution in [2.24, 2.45) is 0 Å². The first-order valence-electron chi connectivity index (χ1n) is 9.65. The number of aliphatic hydroxyl groups excluding tert-OH is 1. The Balaban J connectivity index is 0.000000396. The van der Waals surface area contributed by atoms with Crippen LogP contribution in [0.1, 0.15) is 42.4 Å². The molecule has 0 saturated carbocycles. The minimum absolute atomic E-state index is 0.0365. The molecule has 2 N–H and O–H groups in total. The van der Waals surface area contributed by atoms with Crippen LogP contribution < -0.4 is 0 Å². The molecule has 12 heteroatoms. The van der Waals surface area contributed by atoms with Gasteiger partial charge in [-0.3, -0.25) is 4.68 Å². The Morgan fingerprint density at radius 1 is 1.23 bits per heavy atom. The molecule has 30 heavy (non-hydrogen) atoms. The summed E-state index contributed by atoms with van der Waals surface area (Å²) < 4.78 is 35.8. The maximum absolute atomic E-state index is 10.6. The van der Waals surface area contributed by atoms with Gasteiger partial charge in [0.05, 0.1) is 24.5 Å². The van der Waals surface area contributed by atoms with E-state index in [2.05, 4.69) is 38.0 Å². The SMILES string of the molecule is Cc1cc(C)n(CCCN2CCC(n3cc(CO)nn3)CC2)n1.O=C(O)C(F)(F)F. The zero-order valence-corrected chi connectivity index (χ0v) is 17.0. The number of alkyl halides is 3. The van der Waals surface area contributed by atoms with Gasteiger partial charge in [-0.25, -0.2) is 9.48 Å². The van der Waals surface area contributed by atoms with E-state index >= 15 is 0 Å². The Hall–Kier alpha value is -2.47. The van der Waals surface area contributed by atoms with Crippen molar-refractivity contribution in [3.8, 4) is 0 Å². The number of aryl methyl sites for hydroxylation is 3. The summed E-state index contributed by atoms with van der Waals surface area (Å²) >= 11 is 0. The molecule has 0 radical (unpaired) electrons. The van der Waals surface area contributed by atoms with Gasteiger partial charge in [0.25, 0.3) is 0 Å². The number of carbonyl (C=O) groups is 1. The van der Waals surface area contributed by atoms with E-state index in [1.165, 1.54) is 5.69 Å². The van der Waals surface area contributed by atoms with Gasteiger partial charge in [0.15, 0.2) is 0 Å². The molecule has 1 aliphatic heterocycles. The van der Waals surface area contributed by atoms with Crippen LogP contribution in [0.2, 0.25) is 0 Å². The molecule has 1 fully saturated rings. The van der Waals surface area contributed by atoms with Crippen LogP contribution >= 0.6 is 0 Å². The summed E-state index contributed by atoms with van der Waals surface area (Å²) in [6.07, 6.45) is 0.0933. The summed E-state index contributed by atoms with van der Waals surface area (Å²) in [5.41, 5.74) is 2.99. The molecular weight excluding hydrogens is 405 g/mol. The standard InChI is InChI=1S/C16H26N6O.C2HF3O2/c1-13-10-14(2)21(18-13)7-3-6-20-8-4-16(5-9-20)22-11-15(12-23)17-19-22;3-2(4,5)1(6)7/h10-11,16,23H,3-9,12H2,1-2H3;(H,6,7). The summed E-state index contributed by atoms with van der Waals surface area (Å²) in [6.45, 7) is 8.41. The Morgan fingerprint density at radius 2 is 1.87 bits per heavy atom. The molecule has 0 aliphatic carbocycles. The van der Waals surface area contributed by atoms with Gasteiger partial charge in [0.2, 0.25) is 0 Å². The van der Waals surface area contributed by atoms with E-state index in [0.717, 1.165) is 51.1 Å². The molecule has 9 nitrogen and oxygen atoms in total. The second kappa shape index (κ2) is 10.5. The summed E-state index contributed by atoms with van der Waals surface area (Å²) in [7, 11) is 0. The number of rotatable bonds is 6. The van der Waals surface area contributed by atoms with Crippen LogP contribution in [0.15, 0.2) is 12.3 Å². The lowest BCUT2D eigenvalue weighted by atomic mass is 10.1. The molecule has 0 spiro atoms. The van der Waals surface area contributed by atoms with Gasteiger partial charge in [-0.2, -0.15) is 18.3 Å². The van der Waals surface area contributed by atoms with Gasteiger partial charge in [0.1, 0.15) is 5.69 Å². The molecule has 3 heterocycles. The lowest BCUT2D eigenvalue weighted by Gasteiger charge is -2.31. The van der Waals surface area contributed by atoms with E-state index < -0.39 is 12.1 Å². The van der Waals surface area contributed by atoms with Crippen molar-refractivity contribution in [2.75, 3.05) is 19.6 Å². The molecule has 0 bridgehead atoms. The second-order valence-electron chi connectivity index (χ2n) is 7.23. The monoisotopic (exact) mass is 432 g/mol. The Bertz CT molecular complexity index is 812. The highest BCUT2D eigenvalue weighted by molar-refractivity contribution is 5.73. The van der Waals surface area contributed by atoms with E-state index in [0.29, 0.717) is 11.7 Å². The first-order chi connectivity index (χ1) is 14.1. The maximum Gasteiger partial charge on any atom is 0.490 e. The van der Waals surface area contributed by atoms with Crippen molar-refractivity contribution in [3.63, 3.8) is 0 Å². The minimum atomic E-state index is -5.08. The first kappa shape index (κ1) is 23.8. The normalized spacial score (nSPS) is 15.7. The minimum Gasteiger partial charge on any atom is -0.475 e. The number of nitrogens with zero attached hydrogens (tertiary/aromatic N) is 6. The van der Waals surface area contributed by atoms with E-state index in [1.807, 2.05) is 17.8 Å². The Kier molecular flexibility index (Phi) is 8.35. The van der Waals surface area contributed by atoms with Crippen molar-refractivity contribution >= 4 is 5.97 Å². The highest BCUT2D eigenvalue weighted by Gasteiger charge is 2.38. The molecule has 0 aromatic carbocycles. The van der Waals surface area contributed by atoms with Gasteiger partial charge in [0, 0.05) is 25.3 Å². The molecule has 3 rings (SSSR count). The summed E-state index contributed by atoms with van der Waals surface area (Å²) in [6, 6.07) is 2.54. The Morgan fingerprint density at radius 3 is 2.33 bits per heavy atom. The third-order valence-electron chi connectivity index (χ3n) is 4.84. The van der Waals surface area contributed by atoms with Crippen molar-refractivity contribution in [1.29, 1.82) is 0 Å². The molecule has 2 aromatic heterocycles. The summed E-state index contributed by atoms with van der Waals surface area (Å²) in [5.74, 6) is -2.76. The molecule has 168 valence electrons. The molecule has 0 amide bonds. The number of carboxylic acid groups (broad SMARTS) is 1. The number of aliphatic carboxylic acids is 1. The largest absolute Gasteiger partial charge is 0.490 e. The van der Waals surface area contributed by atoms with Crippen LogP contribution in [0.25, 0.3) is 0 Å². The predicted molar refractivity (Wildman–Crippen MR) is 101 cm³/mol. The summed E-state index contributed by atoms with van der Waals surface area (Å²) in [5, 5.41) is 28.8. The average Bonchev–Trinajstić information content (AvgIpc) is 3.28. The van der Waals surface area contributed by atoms with Gasteiger partial charge in [-0.15, -0.1) is 5.10 Å². The zero-order valence-electron chi connectivity index (χ0n) is 17.0. The number of hydrogen-bond donors (Lipinski definition) is 2. The van der Waals surface area contributed by atoms with Crippen LogP contribution in [-0.2, 0) is 17.9 Å². The van der Waals surface area contributed by atoms with Gasteiger partial charge >= 0.3 is 12.1 Å². The van der Waals surface area contributed by atoms with E-state index in [1.54, 1.807) is 0 Å². The predicted octanol–water partition coefficient (Wildman–Crippen LogP) is 1.94. The highest BCUT2D eigenvalue weighted by Crippen LogP contribution is 2.21.